The van der Waals surface area contributed by atoms with Crippen molar-refractivity contribution in [2.75, 3.05) is 13.1 Å². The maximum atomic E-state index is 4.69. The van der Waals surface area contributed by atoms with Gasteiger partial charge in [-0.3, -0.25) is 0 Å². The van der Waals surface area contributed by atoms with Crippen LogP contribution in [-0.2, 0) is 5.41 Å². The summed E-state index contributed by atoms with van der Waals surface area (Å²) < 4.78 is 1.92. The molecule has 92 valence electrons. The third-order valence-corrected chi connectivity index (χ3v) is 4.15. The molecule has 6 heteroatoms. The van der Waals surface area contributed by atoms with Crippen molar-refractivity contribution in [3.8, 4) is 0 Å². The molecule has 0 radical (unpaired) electrons. The summed E-state index contributed by atoms with van der Waals surface area (Å²) in [4.78, 5) is 0.914. The summed E-state index contributed by atoms with van der Waals surface area (Å²) in [6.45, 7) is 8.55. The van der Waals surface area contributed by atoms with Crippen molar-refractivity contribution in [3.63, 3.8) is 0 Å². The summed E-state index contributed by atoms with van der Waals surface area (Å²) in [6.07, 6.45) is 1.18. The van der Waals surface area contributed by atoms with E-state index < -0.39 is 0 Å². The maximum Gasteiger partial charge on any atom is 0.234 e. The van der Waals surface area contributed by atoms with E-state index in [4.69, 9.17) is 5.10 Å². The Kier molecular flexibility index (Phi) is 2.45. The van der Waals surface area contributed by atoms with Gasteiger partial charge in [0.15, 0.2) is 5.82 Å². The Morgan fingerprint density at radius 1 is 1.35 bits per heavy atom. The van der Waals surface area contributed by atoms with Crippen molar-refractivity contribution in [1.82, 2.24) is 25.1 Å². The van der Waals surface area contributed by atoms with Crippen LogP contribution < -0.4 is 5.32 Å². The van der Waals surface area contributed by atoms with Gasteiger partial charge in [0.1, 0.15) is 5.01 Å². The predicted molar refractivity (Wildman–Crippen MR) is 67.6 cm³/mol. The van der Waals surface area contributed by atoms with Crippen molar-refractivity contribution in [2.45, 2.75) is 38.5 Å². The van der Waals surface area contributed by atoms with Crippen LogP contribution >= 0.6 is 11.3 Å². The molecule has 1 saturated heterocycles. The Balaban J connectivity index is 2.04. The highest BCUT2D eigenvalue weighted by atomic mass is 32.1. The molecule has 0 saturated carbocycles. The zero-order chi connectivity index (χ0) is 12.0. The molecular weight excluding hydrogens is 234 g/mol. The van der Waals surface area contributed by atoms with Gasteiger partial charge in [0.05, 0.1) is 0 Å². The number of hydrogen-bond acceptors (Lipinski definition) is 5. The van der Waals surface area contributed by atoms with E-state index in [1.54, 1.807) is 11.3 Å². The van der Waals surface area contributed by atoms with Crippen LogP contribution in [0.1, 0.15) is 43.9 Å². The average Bonchev–Trinajstić information content (AvgIpc) is 2.90. The van der Waals surface area contributed by atoms with Gasteiger partial charge in [0, 0.05) is 17.9 Å². The van der Waals surface area contributed by atoms with Gasteiger partial charge >= 0.3 is 0 Å². The van der Waals surface area contributed by atoms with Crippen LogP contribution in [0.4, 0.5) is 0 Å². The lowest BCUT2D eigenvalue weighted by molar-refractivity contribution is 0.525. The fourth-order valence-electron chi connectivity index (χ4n) is 2.13. The van der Waals surface area contributed by atoms with E-state index in [0.717, 1.165) is 23.9 Å². The third kappa shape index (κ3) is 1.85. The number of hydrogen-bond donors (Lipinski definition) is 1. The molecule has 1 atom stereocenters. The van der Waals surface area contributed by atoms with Gasteiger partial charge in [-0.05, 0) is 13.0 Å². The number of fused-ring (bicyclic) bond motifs is 1. The molecule has 1 aliphatic heterocycles. The minimum Gasteiger partial charge on any atom is -0.316 e. The molecule has 0 aromatic carbocycles. The molecule has 1 unspecified atom stereocenters. The zero-order valence-electron chi connectivity index (χ0n) is 10.4. The quantitative estimate of drug-likeness (QED) is 0.835. The van der Waals surface area contributed by atoms with Crippen LogP contribution in [0.25, 0.3) is 4.96 Å². The second kappa shape index (κ2) is 3.74. The molecule has 2 aromatic heterocycles. The molecule has 1 fully saturated rings. The monoisotopic (exact) mass is 251 g/mol. The summed E-state index contributed by atoms with van der Waals surface area (Å²) in [6, 6.07) is 0. The highest BCUT2D eigenvalue weighted by Gasteiger charge is 2.26. The van der Waals surface area contributed by atoms with Crippen molar-refractivity contribution in [2.24, 2.45) is 0 Å². The standard InChI is InChI=1S/C11H17N5S/c1-11(2,3)9-13-14-10-16(9)15-8(17-10)7-4-5-12-6-7/h7,12H,4-6H2,1-3H3. The van der Waals surface area contributed by atoms with Crippen molar-refractivity contribution < 1.29 is 0 Å². The van der Waals surface area contributed by atoms with E-state index in [1.165, 1.54) is 11.4 Å². The smallest absolute Gasteiger partial charge is 0.234 e. The molecule has 0 aliphatic carbocycles. The van der Waals surface area contributed by atoms with Crippen LogP contribution in [0.5, 0.6) is 0 Å². The summed E-state index contributed by atoms with van der Waals surface area (Å²) in [5, 5.41) is 17.7. The maximum absolute atomic E-state index is 4.69. The van der Waals surface area contributed by atoms with Gasteiger partial charge in [0.2, 0.25) is 4.96 Å². The summed E-state index contributed by atoms with van der Waals surface area (Å²) in [5.41, 5.74) is -0.0152. The number of aromatic nitrogens is 4. The first-order valence-electron chi connectivity index (χ1n) is 5.99. The van der Waals surface area contributed by atoms with Gasteiger partial charge in [-0.25, -0.2) is 0 Å². The van der Waals surface area contributed by atoms with Gasteiger partial charge in [-0.15, -0.1) is 10.2 Å². The van der Waals surface area contributed by atoms with E-state index in [0.29, 0.717) is 5.92 Å². The Morgan fingerprint density at radius 2 is 2.18 bits per heavy atom. The van der Waals surface area contributed by atoms with E-state index in [9.17, 15) is 0 Å². The first-order valence-corrected chi connectivity index (χ1v) is 6.81. The summed E-state index contributed by atoms with van der Waals surface area (Å²) in [5.74, 6) is 1.50. The fourth-order valence-corrected chi connectivity index (χ4v) is 3.10. The molecule has 0 amide bonds. The van der Waals surface area contributed by atoms with Crippen molar-refractivity contribution in [1.29, 1.82) is 0 Å². The molecule has 1 aliphatic rings. The average molecular weight is 251 g/mol. The minimum absolute atomic E-state index is 0.0152. The normalized spacial score (nSPS) is 21.5. The number of nitrogens with one attached hydrogen (secondary N) is 1. The molecule has 17 heavy (non-hydrogen) atoms. The van der Waals surface area contributed by atoms with Gasteiger partial charge in [-0.2, -0.15) is 9.61 Å². The predicted octanol–water partition coefficient (Wildman–Crippen LogP) is 1.56. The third-order valence-electron chi connectivity index (χ3n) is 3.09. The molecule has 0 spiro atoms. The molecule has 1 N–H and O–H groups in total. The Morgan fingerprint density at radius 3 is 2.82 bits per heavy atom. The highest BCUT2D eigenvalue weighted by molar-refractivity contribution is 7.16. The topological polar surface area (TPSA) is 55.1 Å². The summed E-state index contributed by atoms with van der Waals surface area (Å²) in [7, 11) is 0. The molecule has 3 heterocycles. The minimum atomic E-state index is -0.0152. The first kappa shape index (κ1) is 11.1. The van der Waals surface area contributed by atoms with Gasteiger partial charge in [-0.1, -0.05) is 32.1 Å². The number of rotatable bonds is 1. The SMILES string of the molecule is CC(C)(C)c1nnc2sc(C3CCNC3)nn12. The van der Waals surface area contributed by atoms with Crippen LogP contribution in [0.2, 0.25) is 0 Å². The molecule has 0 bridgehead atoms. The summed E-state index contributed by atoms with van der Waals surface area (Å²) >= 11 is 1.67. The van der Waals surface area contributed by atoms with Crippen molar-refractivity contribution >= 4 is 16.3 Å². The Bertz CT molecular complexity index is 530. The Labute approximate surface area is 104 Å². The lowest BCUT2D eigenvalue weighted by atomic mass is 9.96. The zero-order valence-corrected chi connectivity index (χ0v) is 11.2. The molecule has 5 nitrogen and oxygen atoms in total. The first-order chi connectivity index (χ1) is 8.05. The van der Waals surface area contributed by atoms with Gasteiger partial charge in [0.25, 0.3) is 0 Å². The van der Waals surface area contributed by atoms with E-state index in [1.807, 2.05) is 4.52 Å². The highest BCUT2D eigenvalue weighted by Crippen LogP contribution is 2.29. The van der Waals surface area contributed by atoms with Crippen LogP contribution in [0.15, 0.2) is 0 Å². The second-order valence-corrected chi connectivity index (χ2v) is 6.59. The largest absolute Gasteiger partial charge is 0.316 e. The number of nitrogens with zero attached hydrogens (tertiary/aromatic N) is 4. The molecule has 2 aromatic rings. The van der Waals surface area contributed by atoms with Gasteiger partial charge < -0.3 is 5.32 Å². The lowest BCUT2D eigenvalue weighted by Gasteiger charge is -2.13. The molecular formula is C11H17N5S. The van der Waals surface area contributed by atoms with Crippen molar-refractivity contribution in [3.05, 3.63) is 10.8 Å². The second-order valence-electron chi connectivity index (χ2n) is 5.60. The van der Waals surface area contributed by atoms with E-state index >= 15 is 0 Å². The van der Waals surface area contributed by atoms with Crippen LogP contribution in [-0.4, -0.2) is 32.9 Å². The fraction of sp³-hybridized carbons (Fsp3) is 0.727. The van der Waals surface area contributed by atoms with Crippen LogP contribution in [0.3, 0.4) is 0 Å². The molecule has 3 rings (SSSR count). The van der Waals surface area contributed by atoms with E-state index in [-0.39, 0.29) is 5.41 Å². The van der Waals surface area contributed by atoms with Crippen LogP contribution in [0, 0.1) is 0 Å². The Hall–Kier alpha value is -1.01. The van der Waals surface area contributed by atoms with E-state index in [2.05, 4.69) is 36.3 Å². The lowest BCUT2D eigenvalue weighted by Crippen LogP contribution is -2.16.